The molecule has 4 rings (SSSR count). The zero-order valence-electron chi connectivity index (χ0n) is 17.3. The number of imide groups is 1. The molecule has 178 valence electrons. The quantitative estimate of drug-likeness (QED) is 0.360. The number of aromatic nitrogens is 2. The summed E-state index contributed by atoms with van der Waals surface area (Å²) in [4.78, 5) is 45.0. The van der Waals surface area contributed by atoms with Gasteiger partial charge in [0, 0.05) is 6.07 Å². The molecular weight excluding hydrogens is 509 g/mol. The summed E-state index contributed by atoms with van der Waals surface area (Å²) in [5.74, 6) is -4.47. The molecule has 0 bridgehead atoms. The number of hydrogen-bond acceptors (Lipinski definition) is 7. The fourth-order valence-electron chi connectivity index (χ4n) is 2.89. The number of halogens is 4. The third kappa shape index (κ3) is 5.78. The molecule has 2 aromatic carbocycles. The van der Waals surface area contributed by atoms with Crippen molar-refractivity contribution in [1.82, 2.24) is 14.9 Å². The number of hydrogen-bond donors (Lipinski definition) is 1. The van der Waals surface area contributed by atoms with E-state index in [4.69, 9.17) is 16.3 Å². The second-order valence-corrected chi connectivity index (χ2v) is 8.24. The van der Waals surface area contributed by atoms with Gasteiger partial charge in [0.2, 0.25) is 17.0 Å². The van der Waals surface area contributed by atoms with Gasteiger partial charge in [0.15, 0.2) is 0 Å². The lowest BCUT2D eigenvalue weighted by Gasteiger charge is -2.12. The van der Waals surface area contributed by atoms with Crippen LogP contribution in [-0.2, 0) is 9.59 Å². The van der Waals surface area contributed by atoms with Crippen molar-refractivity contribution in [3.8, 4) is 11.6 Å². The predicted molar refractivity (Wildman–Crippen MR) is 121 cm³/mol. The average Bonchev–Trinajstić information content (AvgIpc) is 3.06. The third-order valence-corrected chi connectivity index (χ3v) is 5.52. The van der Waals surface area contributed by atoms with Crippen LogP contribution in [0.4, 0.5) is 23.7 Å². The summed E-state index contributed by atoms with van der Waals surface area (Å²) >= 11 is 6.25. The molecule has 3 amide bonds. The van der Waals surface area contributed by atoms with Gasteiger partial charge in [-0.25, -0.2) is 13.8 Å². The van der Waals surface area contributed by atoms with Crippen molar-refractivity contribution in [2.24, 2.45) is 0 Å². The average molecular weight is 521 g/mol. The van der Waals surface area contributed by atoms with Crippen LogP contribution in [0.25, 0.3) is 6.08 Å². The van der Waals surface area contributed by atoms with Gasteiger partial charge >= 0.3 is 0 Å². The number of anilines is 1. The van der Waals surface area contributed by atoms with Crippen molar-refractivity contribution < 1.29 is 32.3 Å². The molecule has 0 radical (unpaired) electrons. The topological polar surface area (TPSA) is 101 Å². The highest BCUT2D eigenvalue weighted by atomic mass is 35.5. The molecule has 2 heterocycles. The standard InChI is InChI=1S/C22H12ClF3N4O4S/c23-21-27-9-15(26)19(29-21)34-13-3-1-2-11(6-13)7-17-20(32)30(22(33)35-17)10-18(31)28-16-5-4-12(24)8-14(16)25/h1-9H,10H2,(H,28,31)/b17-7+. The van der Waals surface area contributed by atoms with E-state index in [0.29, 0.717) is 28.3 Å². The Hall–Kier alpha value is -3.90. The number of thioether (sulfide) groups is 1. The number of nitrogens with zero attached hydrogens (tertiary/aromatic N) is 3. The van der Waals surface area contributed by atoms with Crippen LogP contribution in [0, 0.1) is 17.5 Å². The smallest absolute Gasteiger partial charge is 0.294 e. The molecule has 8 nitrogen and oxygen atoms in total. The van der Waals surface area contributed by atoms with Crippen molar-refractivity contribution >= 4 is 52.2 Å². The molecule has 0 spiro atoms. The number of carbonyl (C=O) groups excluding carboxylic acids is 3. The number of amides is 3. The maximum Gasteiger partial charge on any atom is 0.294 e. The first kappa shape index (κ1) is 24.2. The van der Waals surface area contributed by atoms with E-state index < -0.39 is 46.9 Å². The molecule has 1 aliphatic rings. The molecule has 1 saturated heterocycles. The number of benzene rings is 2. The van der Waals surface area contributed by atoms with E-state index in [1.807, 2.05) is 0 Å². The maximum atomic E-state index is 13.8. The van der Waals surface area contributed by atoms with Gasteiger partial charge in [0.05, 0.1) is 16.8 Å². The van der Waals surface area contributed by atoms with Gasteiger partial charge in [0.1, 0.15) is 23.9 Å². The Morgan fingerprint density at radius 1 is 1.14 bits per heavy atom. The van der Waals surface area contributed by atoms with Crippen LogP contribution in [0.2, 0.25) is 5.28 Å². The van der Waals surface area contributed by atoms with E-state index in [9.17, 15) is 27.6 Å². The van der Waals surface area contributed by atoms with Gasteiger partial charge < -0.3 is 10.1 Å². The molecule has 13 heteroatoms. The van der Waals surface area contributed by atoms with Crippen LogP contribution in [-0.4, -0.2) is 38.5 Å². The lowest BCUT2D eigenvalue weighted by Crippen LogP contribution is -2.36. The first-order valence-electron chi connectivity index (χ1n) is 9.66. The zero-order chi connectivity index (χ0) is 25.1. The monoisotopic (exact) mass is 520 g/mol. The summed E-state index contributed by atoms with van der Waals surface area (Å²) in [7, 11) is 0. The lowest BCUT2D eigenvalue weighted by atomic mass is 10.2. The zero-order valence-corrected chi connectivity index (χ0v) is 18.9. The largest absolute Gasteiger partial charge is 0.436 e. The lowest BCUT2D eigenvalue weighted by molar-refractivity contribution is -0.127. The van der Waals surface area contributed by atoms with Crippen LogP contribution in [0.15, 0.2) is 53.6 Å². The van der Waals surface area contributed by atoms with Gasteiger partial charge in [-0.2, -0.15) is 9.37 Å². The first-order chi connectivity index (χ1) is 16.7. The van der Waals surface area contributed by atoms with Crippen LogP contribution in [0.1, 0.15) is 5.56 Å². The van der Waals surface area contributed by atoms with E-state index >= 15 is 0 Å². The molecule has 3 aromatic rings. The second kappa shape index (κ2) is 10.2. The molecule has 35 heavy (non-hydrogen) atoms. The van der Waals surface area contributed by atoms with Crippen LogP contribution in [0.5, 0.6) is 11.6 Å². The molecule has 1 N–H and O–H groups in total. The van der Waals surface area contributed by atoms with E-state index in [1.54, 1.807) is 12.1 Å². The Morgan fingerprint density at radius 2 is 1.94 bits per heavy atom. The van der Waals surface area contributed by atoms with Crippen molar-refractivity contribution in [2.45, 2.75) is 0 Å². The highest BCUT2D eigenvalue weighted by Gasteiger charge is 2.36. The Labute approximate surface area is 204 Å². The second-order valence-electron chi connectivity index (χ2n) is 6.91. The first-order valence-corrected chi connectivity index (χ1v) is 10.9. The van der Waals surface area contributed by atoms with Gasteiger partial charge in [-0.05, 0) is 59.3 Å². The van der Waals surface area contributed by atoms with Crippen molar-refractivity contribution in [1.29, 1.82) is 0 Å². The SMILES string of the molecule is O=C(CN1C(=O)S/C(=C/c2cccc(Oc3nc(Cl)ncc3F)c2)C1=O)Nc1ccc(F)cc1F. The van der Waals surface area contributed by atoms with Crippen molar-refractivity contribution in [3.63, 3.8) is 0 Å². The van der Waals surface area contributed by atoms with E-state index in [1.165, 1.54) is 18.2 Å². The molecule has 1 aromatic heterocycles. The predicted octanol–water partition coefficient (Wildman–Crippen LogP) is 5.01. The van der Waals surface area contributed by atoms with Crippen LogP contribution in [0.3, 0.4) is 0 Å². The number of rotatable bonds is 6. The van der Waals surface area contributed by atoms with Gasteiger partial charge in [0.25, 0.3) is 17.0 Å². The third-order valence-electron chi connectivity index (χ3n) is 4.43. The highest BCUT2D eigenvalue weighted by Crippen LogP contribution is 2.33. The van der Waals surface area contributed by atoms with E-state index in [0.717, 1.165) is 18.3 Å². The fourth-order valence-corrected chi connectivity index (χ4v) is 3.86. The molecular formula is C22H12ClF3N4O4S. The number of nitrogens with one attached hydrogen (secondary N) is 1. The summed E-state index contributed by atoms with van der Waals surface area (Å²) in [5, 5.41) is 1.27. The minimum absolute atomic E-state index is 0.0178. The summed E-state index contributed by atoms with van der Waals surface area (Å²) < 4.78 is 45.9. The van der Waals surface area contributed by atoms with E-state index in [2.05, 4.69) is 15.3 Å². The highest BCUT2D eigenvalue weighted by molar-refractivity contribution is 8.18. The molecule has 1 aliphatic heterocycles. The minimum Gasteiger partial charge on any atom is -0.436 e. The Kier molecular flexibility index (Phi) is 7.03. The summed E-state index contributed by atoms with van der Waals surface area (Å²) in [6, 6.07) is 8.71. The summed E-state index contributed by atoms with van der Waals surface area (Å²) in [6.45, 7) is -0.671. The molecule has 1 fully saturated rings. The molecule has 0 saturated carbocycles. The Balaban J connectivity index is 1.46. The number of ether oxygens (including phenoxy) is 1. The molecule has 0 atom stereocenters. The maximum absolute atomic E-state index is 13.8. The Morgan fingerprint density at radius 3 is 2.71 bits per heavy atom. The fraction of sp³-hybridized carbons (Fsp3) is 0.0455. The Bertz CT molecular complexity index is 1390. The minimum atomic E-state index is -1.00. The molecule has 0 aliphatic carbocycles. The van der Waals surface area contributed by atoms with Crippen molar-refractivity contribution in [2.75, 3.05) is 11.9 Å². The number of carbonyl (C=O) groups is 3. The van der Waals surface area contributed by atoms with Crippen LogP contribution >= 0.6 is 23.4 Å². The van der Waals surface area contributed by atoms with Gasteiger partial charge in [-0.15, -0.1) is 0 Å². The summed E-state index contributed by atoms with van der Waals surface area (Å²) in [6.07, 6.45) is 2.24. The van der Waals surface area contributed by atoms with Gasteiger partial charge in [-0.1, -0.05) is 12.1 Å². The van der Waals surface area contributed by atoms with Gasteiger partial charge in [-0.3, -0.25) is 19.3 Å². The van der Waals surface area contributed by atoms with Crippen LogP contribution < -0.4 is 10.1 Å². The normalized spacial score (nSPS) is 14.5. The molecule has 0 unspecified atom stereocenters. The summed E-state index contributed by atoms with van der Waals surface area (Å²) in [5.41, 5.74) is 0.142. The van der Waals surface area contributed by atoms with Crippen molar-refractivity contribution in [3.05, 3.63) is 81.9 Å². The van der Waals surface area contributed by atoms with E-state index in [-0.39, 0.29) is 21.6 Å².